The third kappa shape index (κ3) is 3.78. The first-order chi connectivity index (χ1) is 15.1. The first kappa shape index (κ1) is 26.0. The zero-order valence-electron chi connectivity index (χ0n) is 23.5. The molecular weight excluding hydrogens is 404 g/mol. The zero-order valence-corrected chi connectivity index (χ0v) is 23.5. The summed E-state index contributed by atoms with van der Waals surface area (Å²) in [5.74, 6) is 4.92. The molecule has 0 amide bonds. The Morgan fingerprint density at radius 1 is 0.818 bits per heavy atom. The second kappa shape index (κ2) is 8.22. The summed E-state index contributed by atoms with van der Waals surface area (Å²) in [6.07, 6.45) is 12.5. The van der Waals surface area contributed by atoms with E-state index in [4.69, 9.17) is 0 Å². The van der Waals surface area contributed by atoms with Crippen LogP contribution in [0.25, 0.3) is 0 Å². The minimum atomic E-state index is -0.995. The van der Waals surface area contributed by atoms with Gasteiger partial charge in [0.1, 0.15) is 0 Å². The van der Waals surface area contributed by atoms with E-state index in [1.807, 2.05) is 0 Å². The van der Waals surface area contributed by atoms with Gasteiger partial charge in [0, 0.05) is 0 Å². The average molecular weight is 461 g/mol. The van der Waals surface area contributed by atoms with Crippen LogP contribution < -0.4 is 0 Å². The van der Waals surface area contributed by atoms with Crippen molar-refractivity contribution in [1.29, 1.82) is 0 Å². The van der Waals surface area contributed by atoms with Gasteiger partial charge in [-0.3, -0.25) is 0 Å². The molecule has 0 aromatic carbocycles. The van der Waals surface area contributed by atoms with Crippen molar-refractivity contribution >= 4 is 0 Å². The van der Waals surface area contributed by atoms with E-state index in [2.05, 4.69) is 48.5 Å². The van der Waals surface area contributed by atoms with Crippen LogP contribution in [0.5, 0.6) is 0 Å². The molecule has 4 aliphatic rings. The van der Waals surface area contributed by atoms with E-state index in [-0.39, 0.29) is 0 Å². The van der Waals surface area contributed by atoms with E-state index in [1.54, 1.807) is 13.8 Å². The molecule has 0 aromatic rings. The van der Waals surface area contributed by atoms with Crippen molar-refractivity contribution < 1.29 is 10.2 Å². The number of fused-ring (bicyclic) bond motifs is 5. The Kier molecular flexibility index (Phi) is 6.48. The molecule has 33 heavy (non-hydrogen) atoms. The van der Waals surface area contributed by atoms with E-state index >= 15 is 0 Å². The normalized spacial score (nSPS) is 49.0. The number of hydrogen-bond donors (Lipinski definition) is 2. The summed E-state index contributed by atoms with van der Waals surface area (Å²) in [5.41, 5.74) is 0.904. The molecule has 192 valence electrons. The Labute approximate surface area is 205 Å². The van der Waals surface area contributed by atoms with Crippen LogP contribution in [-0.2, 0) is 0 Å². The summed E-state index contributed by atoms with van der Waals surface area (Å²) in [4.78, 5) is 0. The zero-order chi connectivity index (χ0) is 24.6. The molecule has 4 rings (SSSR count). The van der Waals surface area contributed by atoms with Gasteiger partial charge < -0.3 is 10.2 Å². The Balaban J connectivity index is 1.54. The van der Waals surface area contributed by atoms with Crippen molar-refractivity contribution in [2.24, 2.45) is 57.2 Å². The molecule has 0 bridgehead atoms. The fraction of sp³-hybridized carbons (Fsp3) is 1.00. The quantitative estimate of drug-likeness (QED) is 0.438. The average Bonchev–Trinajstić information content (AvgIpc) is 3.00. The van der Waals surface area contributed by atoms with E-state index in [0.717, 1.165) is 36.0 Å². The minimum Gasteiger partial charge on any atom is -0.390 e. The molecule has 0 heterocycles. The Morgan fingerprint density at radius 2 is 1.45 bits per heavy atom. The SMILES string of the molecule is CC(CCC(O)C(C)(C)O)C1CC[C@@]2(C)C3CC[C@H]4C(C)(C)[C@@H](C)CC[C@]4(C)C3CC[C@]12C. The van der Waals surface area contributed by atoms with Crippen molar-refractivity contribution in [3.05, 3.63) is 0 Å². The van der Waals surface area contributed by atoms with Gasteiger partial charge in [0.2, 0.25) is 0 Å². The van der Waals surface area contributed by atoms with Gasteiger partial charge in [0.05, 0.1) is 11.7 Å². The summed E-state index contributed by atoms with van der Waals surface area (Å²) in [5, 5.41) is 20.6. The number of aliphatic hydroxyl groups excluding tert-OH is 1. The lowest BCUT2D eigenvalue weighted by Gasteiger charge is -2.68. The molecule has 2 nitrogen and oxygen atoms in total. The lowest BCUT2D eigenvalue weighted by molar-refractivity contribution is -0.188. The van der Waals surface area contributed by atoms with Gasteiger partial charge in [-0.2, -0.15) is 0 Å². The fourth-order valence-electron chi connectivity index (χ4n) is 10.6. The predicted molar refractivity (Wildman–Crippen MR) is 139 cm³/mol. The highest BCUT2D eigenvalue weighted by Crippen LogP contribution is 2.75. The van der Waals surface area contributed by atoms with Crippen LogP contribution in [0.4, 0.5) is 0 Å². The smallest absolute Gasteiger partial charge is 0.0849 e. The summed E-state index contributed by atoms with van der Waals surface area (Å²) in [7, 11) is 0. The number of rotatable bonds is 5. The highest BCUT2D eigenvalue weighted by atomic mass is 16.3. The van der Waals surface area contributed by atoms with Crippen LogP contribution in [0.1, 0.15) is 127 Å². The van der Waals surface area contributed by atoms with Gasteiger partial charge in [0.15, 0.2) is 0 Å². The van der Waals surface area contributed by atoms with Crippen molar-refractivity contribution in [2.75, 3.05) is 0 Å². The highest BCUT2D eigenvalue weighted by molar-refractivity contribution is 5.16. The minimum absolute atomic E-state index is 0.425. The molecular formula is C31H56O2. The second-order valence-electron chi connectivity index (χ2n) is 15.4. The predicted octanol–water partition coefficient (Wildman–Crippen LogP) is 7.86. The van der Waals surface area contributed by atoms with Gasteiger partial charge in [0.25, 0.3) is 0 Å². The van der Waals surface area contributed by atoms with Crippen molar-refractivity contribution in [3.63, 3.8) is 0 Å². The molecule has 2 N–H and O–H groups in total. The monoisotopic (exact) mass is 460 g/mol. The Bertz CT molecular complexity index is 721. The summed E-state index contributed by atoms with van der Waals surface area (Å²) in [6, 6.07) is 0. The lowest BCUT2D eigenvalue weighted by atomic mass is 9.37. The van der Waals surface area contributed by atoms with Crippen LogP contribution in [0.2, 0.25) is 0 Å². The first-order valence-electron chi connectivity index (χ1n) is 14.5. The molecule has 0 saturated heterocycles. The third-order valence-electron chi connectivity index (χ3n) is 13.5. The van der Waals surface area contributed by atoms with Gasteiger partial charge in [-0.1, -0.05) is 48.5 Å². The second-order valence-corrected chi connectivity index (χ2v) is 15.4. The molecule has 4 saturated carbocycles. The Morgan fingerprint density at radius 3 is 2.09 bits per heavy atom. The summed E-state index contributed by atoms with van der Waals surface area (Å²) >= 11 is 0. The molecule has 4 aliphatic carbocycles. The van der Waals surface area contributed by atoms with Gasteiger partial charge in [-0.05, 0) is 135 Å². The molecule has 4 fully saturated rings. The van der Waals surface area contributed by atoms with E-state index in [9.17, 15) is 10.2 Å². The number of hydrogen-bond acceptors (Lipinski definition) is 2. The largest absolute Gasteiger partial charge is 0.390 e. The number of aliphatic hydroxyl groups is 2. The van der Waals surface area contributed by atoms with Gasteiger partial charge >= 0.3 is 0 Å². The molecule has 0 radical (unpaired) electrons. The van der Waals surface area contributed by atoms with E-state index in [1.165, 1.54) is 51.4 Å². The van der Waals surface area contributed by atoms with Gasteiger partial charge in [-0.15, -0.1) is 0 Å². The van der Waals surface area contributed by atoms with Crippen LogP contribution in [-0.4, -0.2) is 21.9 Å². The molecule has 2 heteroatoms. The highest BCUT2D eigenvalue weighted by Gasteiger charge is 2.67. The third-order valence-corrected chi connectivity index (χ3v) is 13.5. The molecule has 10 atom stereocenters. The van der Waals surface area contributed by atoms with E-state index < -0.39 is 11.7 Å². The molecule has 0 aromatic heterocycles. The maximum Gasteiger partial charge on any atom is 0.0849 e. The van der Waals surface area contributed by atoms with Gasteiger partial charge in [-0.25, -0.2) is 0 Å². The van der Waals surface area contributed by atoms with Crippen LogP contribution in [0.3, 0.4) is 0 Å². The van der Waals surface area contributed by atoms with Crippen LogP contribution in [0.15, 0.2) is 0 Å². The molecule has 0 aliphatic heterocycles. The summed E-state index contributed by atoms with van der Waals surface area (Å²) < 4.78 is 0. The first-order valence-corrected chi connectivity index (χ1v) is 14.5. The van der Waals surface area contributed by atoms with Crippen molar-refractivity contribution in [3.8, 4) is 0 Å². The molecule has 0 spiro atoms. The molecule has 5 unspecified atom stereocenters. The standard InChI is InChI=1S/C31H56O2/c1-20(10-13-26(32)28(5,6)33)22-15-18-31(9)24-11-12-25-27(3,4)21(2)14-17-29(25,7)23(24)16-19-30(22,31)8/h20-26,32-33H,10-19H2,1-9H3/t20?,21-,22?,23?,24?,25-,26?,29+,30+,31-/m0/s1. The van der Waals surface area contributed by atoms with Crippen LogP contribution in [0, 0.1) is 57.2 Å². The topological polar surface area (TPSA) is 40.5 Å². The maximum absolute atomic E-state index is 10.4. The van der Waals surface area contributed by atoms with Crippen molar-refractivity contribution in [1.82, 2.24) is 0 Å². The lowest BCUT2D eigenvalue weighted by Crippen LogP contribution is -2.60. The van der Waals surface area contributed by atoms with Crippen LogP contribution >= 0.6 is 0 Å². The summed E-state index contributed by atoms with van der Waals surface area (Å²) in [6.45, 7) is 21.7. The van der Waals surface area contributed by atoms with Crippen molar-refractivity contribution in [2.45, 2.75) is 138 Å². The van der Waals surface area contributed by atoms with E-state index in [0.29, 0.717) is 34.0 Å². The maximum atomic E-state index is 10.4. The fourth-order valence-corrected chi connectivity index (χ4v) is 10.6. The Hall–Kier alpha value is -0.0800.